The van der Waals surface area contributed by atoms with Crippen LogP contribution in [0.2, 0.25) is 0 Å². The monoisotopic (exact) mass is 663 g/mol. The Morgan fingerprint density at radius 3 is 2.50 bits per heavy atom. The van der Waals surface area contributed by atoms with E-state index in [1.54, 1.807) is 6.20 Å². The Kier molecular flexibility index (Phi) is 11.0. The first-order chi connectivity index (χ1) is 18.4. The van der Waals surface area contributed by atoms with Crippen molar-refractivity contribution in [1.82, 2.24) is 14.5 Å². The van der Waals surface area contributed by atoms with E-state index in [4.69, 9.17) is 35.3 Å². The van der Waals surface area contributed by atoms with Crippen LogP contribution in [0.4, 0.5) is 5.82 Å². The molecule has 8 N–H and O–H groups in total. The fourth-order valence-electron chi connectivity index (χ4n) is 3.34. The van der Waals surface area contributed by atoms with E-state index < -0.39 is 42.1 Å². The van der Waals surface area contributed by atoms with Gasteiger partial charge in [-0.25, -0.2) is 23.7 Å². The van der Waals surface area contributed by atoms with Crippen LogP contribution >= 0.6 is 45.1 Å². The number of ether oxygens (including phenoxy) is 2. The Labute approximate surface area is 236 Å². The molecule has 0 aliphatic carbocycles. The molecule has 1 aliphatic rings. The summed E-state index contributed by atoms with van der Waals surface area (Å²) in [6.07, 6.45) is -0.811. The molecule has 1 aliphatic heterocycles. The average Bonchev–Trinajstić information content (AvgIpc) is 3.33. The molecule has 224 valence electrons. The third-order valence-corrected chi connectivity index (χ3v) is 11.4. The zero-order chi connectivity index (χ0) is 29.9. The number of rotatable bonds is 11. The van der Waals surface area contributed by atoms with Gasteiger partial charge in [0.1, 0.15) is 36.1 Å². The van der Waals surface area contributed by atoms with Gasteiger partial charge in [0.2, 0.25) is 0 Å². The van der Waals surface area contributed by atoms with Crippen molar-refractivity contribution in [3.8, 4) is 11.8 Å². The lowest BCUT2D eigenvalue weighted by molar-refractivity contribution is -0.140. The number of nitrogens with two attached hydrogens (primary N) is 2. The van der Waals surface area contributed by atoms with Gasteiger partial charge in [-0.1, -0.05) is 54.2 Å². The normalized spacial score (nSPS) is 22.9. The standard InChI is InChI=1S/C18H28N5O12P3S2/c1-18(2,3)40-39-10-31-12-7-13(23-8-11(5-4-6-19)14-15(20)21-9-22-16(14)23)32-17(12)33-37(27,28)35-38(29,30)34-36(24,25)26/h8-9,12-13,17H,6-7,10,19H2,1-3H3,(H,27,28)(H,29,30)(H2,20,21,22)(H2,24,25,26)/t12?,13-,17-/m1/s1. The highest BCUT2D eigenvalue weighted by Gasteiger charge is 2.47. The Morgan fingerprint density at radius 2 is 1.88 bits per heavy atom. The lowest BCUT2D eigenvalue weighted by Gasteiger charge is -2.23. The quantitative estimate of drug-likeness (QED) is 0.0663. The lowest BCUT2D eigenvalue weighted by Crippen LogP contribution is -2.26. The number of fused-ring (bicyclic) bond motifs is 1. The molecule has 2 aromatic rings. The number of anilines is 1. The molecular weight excluding hydrogens is 635 g/mol. The molecule has 40 heavy (non-hydrogen) atoms. The molecule has 22 heteroatoms. The second kappa shape index (κ2) is 13.1. The Balaban J connectivity index is 1.88. The van der Waals surface area contributed by atoms with E-state index in [0.717, 1.165) is 0 Å². The molecule has 0 spiro atoms. The average molecular weight is 664 g/mol. The summed E-state index contributed by atoms with van der Waals surface area (Å²) in [4.78, 5) is 45.3. The van der Waals surface area contributed by atoms with E-state index in [-0.39, 0.29) is 29.5 Å². The van der Waals surface area contributed by atoms with Crippen molar-refractivity contribution in [2.75, 3.05) is 18.2 Å². The number of nitrogen functional groups attached to an aromatic ring is 1. The van der Waals surface area contributed by atoms with E-state index in [1.807, 2.05) is 20.8 Å². The Morgan fingerprint density at radius 1 is 1.18 bits per heavy atom. The second-order valence-corrected chi connectivity index (χ2v) is 16.4. The maximum atomic E-state index is 12.5. The van der Waals surface area contributed by atoms with Crippen molar-refractivity contribution >= 4 is 61.9 Å². The van der Waals surface area contributed by atoms with Crippen molar-refractivity contribution in [1.29, 1.82) is 0 Å². The predicted molar refractivity (Wildman–Crippen MR) is 146 cm³/mol. The van der Waals surface area contributed by atoms with Crippen LogP contribution in [0, 0.1) is 11.8 Å². The number of nitrogens with zero attached hydrogens (tertiary/aromatic N) is 3. The van der Waals surface area contributed by atoms with Gasteiger partial charge in [0, 0.05) is 17.4 Å². The van der Waals surface area contributed by atoms with E-state index in [9.17, 15) is 23.5 Å². The molecule has 0 amide bonds. The van der Waals surface area contributed by atoms with Gasteiger partial charge in [-0.3, -0.25) is 4.52 Å². The highest BCUT2D eigenvalue weighted by atomic mass is 33.1. The molecule has 1 fully saturated rings. The van der Waals surface area contributed by atoms with Gasteiger partial charge in [0.25, 0.3) is 0 Å². The van der Waals surface area contributed by atoms with Crippen LogP contribution in [0.5, 0.6) is 0 Å². The number of phosphoric acid groups is 3. The van der Waals surface area contributed by atoms with Gasteiger partial charge in [0.05, 0.1) is 17.5 Å². The fraction of sp³-hybridized carbons (Fsp3) is 0.556. The van der Waals surface area contributed by atoms with E-state index in [1.165, 1.54) is 32.5 Å². The summed E-state index contributed by atoms with van der Waals surface area (Å²) in [7, 11) is -14.0. The minimum atomic E-state index is -5.74. The molecule has 17 nitrogen and oxygen atoms in total. The van der Waals surface area contributed by atoms with Crippen LogP contribution in [0.15, 0.2) is 12.5 Å². The number of hydrogen-bond donors (Lipinski definition) is 6. The molecule has 5 atom stereocenters. The lowest BCUT2D eigenvalue weighted by atomic mass is 10.2. The van der Waals surface area contributed by atoms with Gasteiger partial charge >= 0.3 is 23.5 Å². The van der Waals surface area contributed by atoms with E-state index in [2.05, 4.69) is 30.4 Å². The van der Waals surface area contributed by atoms with E-state index >= 15 is 0 Å². The number of hydrogen-bond acceptors (Lipinski definition) is 14. The third kappa shape index (κ3) is 9.77. The third-order valence-electron chi connectivity index (χ3n) is 4.59. The van der Waals surface area contributed by atoms with Crippen LogP contribution in [-0.2, 0) is 36.3 Å². The first kappa shape index (κ1) is 33.5. The fourth-order valence-corrected chi connectivity index (χ4v) is 8.45. The summed E-state index contributed by atoms with van der Waals surface area (Å²) in [5, 5.41) is 0.415. The highest BCUT2D eigenvalue weighted by Crippen LogP contribution is 2.67. The number of aromatic nitrogens is 3. The van der Waals surface area contributed by atoms with Crippen LogP contribution in [0.3, 0.4) is 0 Å². The summed E-state index contributed by atoms with van der Waals surface area (Å²) >= 11 is 0. The molecule has 3 rings (SSSR count). The largest absolute Gasteiger partial charge is 0.490 e. The van der Waals surface area contributed by atoms with Gasteiger partial charge in [0.15, 0.2) is 6.29 Å². The zero-order valence-electron chi connectivity index (χ0n) is 21.2. The molecule has 0 aromatic carbocycles. The summed E-state index contributed by atoms with van der Waals surface area (Å²) in [6, 6.07) is 0. The maximum absolute atomic E-state index is 12.5. The van der Waals surface area contributed by atoms with Crippen LogP contribution in [0.25, 0.3) is 11.0 Å². The van der Waals surface area contributed by atoms with Gasteiger partial charge in [-0.2, -0.15) is 8.62 Å². The summed E-state index contributed by atoms with van der Waals surface area (Å²) in [5.74, 6) is 5.81. The van der Waals surface area contributed by atoms with Crippen molar-refractivity contribution < 1.29 is 55.9 Å². The first-order valence-electron chi connectivity index (χ1n) is 11.1. The van der Waals surface area contributed by atoms with Gasteiger partial charge < -0.3 is 45.1 Å². The molecule has 0 radical (unpaired) electrons. The smallest absolute Gasteiger partial charge is 0.383 e. The summed E-state index contributed by atoms with van der Waals surface area (Å²) in [6.45, 7) is 6.05. The van der Waals surface area contributed by atoms with Gasteiger partial charge in [-0.05, 0) is 0 Å². The molecule has 0 saturated carbocycles. The van der Waals surface area contributed by atoms with Crippen LogP contribution < -0.4 is 11.5 Å². The van der Waals surface area contributed by atoms with Crippen LogP contribution in [-0.4, -0.2) is 63.7 Å². The van der Waals surface area contributed by atoms with Crippen molar-refractivity contribution in [2.45, 2.75) is 50.6 Å². The highest BCUT2D eigenvalue weighted by molar-refractivity contribution is 8.77. The second-order valence-electron chi connectivity index (χ2n) is 8.94. The minimum Gasteiger partial charge on any atom is -0.383 e. The minimum absolute atomic E-state index is 0.0264. The van der Waals surface area contributed by atoms with Gasteiger partial charge in [-0.15, -0.1) is 0 Å². The molecule has 0 bridgehead atoms. The molecule has 2 aromatic heterocycles. The molecule has 1 saturated heterocycles. The van der Waals surface area contributed by atoms with Crippen molar-refractivity contribution in [3.63, 3.8) is 0 Å². The maximum Gasteiger partial charge on any atom is 0.490 e. The Bertz CT molecular complexity index is 1420. The van der Waals surface area contributed by atoms with Crippen molar-refractivity contribution in [3.05, 3.63) is 18.1 Å². The van der Waals surface area contributed by atoms with Crippen molar-refractivity contribution in [2.24, 2.45) is 5.73 Å². The summed E-state index contributed by atoms with van der Waals surface area (Å²) < 4.78 is 60.9. The van der Waals surface area contributed by atoms with Crippen LogP contribution in [0.1, 0.15) is 39.0 Å². The predicted octanol–water partition coefficient (Wildman–Crippen LogP) is 2.43. The molecule has 3 unspecified atom stereocenters. The van der Waals surface area contributed by atoms with E-state index in [0.29, 0.717) is 16.6 Å². The topological polar surface area (TPSA) is 261 Å². The summed E-state index contributed by atoms with van der Waals surface area (Å²) in [5.41, 5.74) is 12.3. The SMILES string of the molecule is CC(C)(C)SSCOC1C[C@H](n2cc(C#CCN)c3c(N)ncnc32)O[C@@H]1OP(=O)(O)OP(=O)(O)OP(=O)(O)O. The Hall–Kier alpha value is -1.03. The molecule has 3 heterocycles. The number of phosphoric ester groups is 1. The first-order valence-corrected chi connectivity index (χ1v) is 17.9. The zero-order valence-corrected chi connectivity index (χ0v) is 25.5. The molecular formula is C18H28N5O12P3S2.